The predicted octanol–water partition coefficient (Wildman–Crippen LogP) is 2.00. The maximum absolute atomic E-state index is 11.6. The summed E-state index contributed by atoms with van der Waals surface area (Å²) in [6.07, 6.45) is 1.38. The van der Waals surface area contributed by atoms with E-state index in [0.29, 0.717) is 0 Å². The van der Waals surface area contributed by atoms with E-state index in [1.54, 1.807) is 6.92 Å². The fraction of sp³-hybridized carbons (Fsp3) is 0.154. The fourth-order valence-electron chi connectivity index (χ4n) is 1.31. The molecule has 1 aromatic carbocycles. The fourth-order valence-corrected chi connectivity index (χ4v) is 1.31. The van der Waals surface area contributed by atoms with Gasteiger partial charge in [0.15, 0.2) is 5.69 Å². The Hall–Kier alpha value is -2.43. The van der Waals surface area contributed by atoms with Gasteiger partial charge in [-0.3, -0.25) is 0 Å². The van der Waals surface area contributed by atoms with Crippen molar-refractivity contribution in [1.82, 2.24) is 15.0 Å². The minimum Gasteiger partial charge on any atom is -0.456 e. The zero-order valence-electron chi connectivity index (χ0n) is 10.0. The second-order valence-corrected chi connectivity index (χ2v) is 3.89. The van der Waals surface area contributed by atoms with Crippen LogP contribution in [0.3, 0.4) is 0 Å². The van der Waals surface area contributed by atoms with Gasteiger partial charge in [-0.1, -0.05) is 24.8 Å². The molecule has 2 aromatic rings. The minimum atomic E-state index is -0.500. The first-order valence-electron chi connectivity index (χ1n) is 5.46. The number of aromatic nitrogens is 3. The Bertz CT molecular complexity index is 561. The topological polar surface area (TPSA) is 57.0 Å². The largest absolute Gasteiger partial charge is 0.456 e. The average molecular weight is 243 g/mol. The van der Waals surface area contributed by atoms with E-state index in [-0.39, 0.29) is 12.3 Å². The third-order valence-corrected chi connectivity index (χ3v) is 2.14. The van der Waals surface area contributed by atoms with Crippen LogP contribution < -0.4 is 0 Å². The predicted molar refractivity (Wildman–Crippen MR) is 66.5 cm³/mol. The van der Waals surface area contributed by atoms with Crippen LogP contribution in [0.1, 0.15) is 17.4 Å². The molecule has 0 fully saturated rings. The standard InChI is InChI=1S/C13H13N3O2/c1-10(2)9-18-13(17)12-8-14-16(15-12)11-6-4-3-5-7-11/h3-8H,1,9H2,2H3. The van der Waals surface area contributed by atoms with Crippen molar-refractivity contribution < 1.29 is 9.53 Å². The molecule has 18 heavy (non-hydrogen) atoms. The number of carbonyl (C=O) groups excluding carboxylic acids is 1. The molecule has 0 spiro atoms. The third kappa shape index (κ3) is 2.82. The van der Waals surface area contributed by atoms with Crippen LogP contribution in [0, 0.1) is 0 Å². The molecule has 0 saturated heterocycles. The summed E-state index contributed by atoms with van der Waals surface area (Å²) in [5.74, 6) is -0.500. The third-order valence-electron chi connectivity index (χ3n) is 2.14. The molecular formula is C13H13N3O2. The first-order chi connectivity index (χ1) is 8.66. The van der Waals surface area contributed by atoms with Gasteiger partial charge in [0, 0.05) is 0 Å². The summed E-state index contributed by atoms with van der Waals surface area (Å²) in [6, 6.07) is 9.34. The molecule has 0 aliphatic rings. The molecule has 2 rings (SSSR count). The van der Waals surface area contributed by atoms with Gasteiger partial charge in [0.25, 0.3) is 0 Å². The second kappa shape index (κ2) is 5.27. The molecule has 0 radical (unpaired) electrons. The first-order valence-corrected chi connectivity index (χ1v) is 5.46. The van der Waals surface area contributed by atoms with Gasteiger partial charge < -0.3 is 4.74 Å². The van der Waals surface area contributed by atoms with Crippen LogP contribution >= 0.6 is 0 Å². The lowest BCUT2D eigenvalue weighted by Crippen LogP contribution is -2.08. The molecule has 92 valence electrons. The van der Waals surface area contributed by atoms with E-state index in [0.717, 1.165) is 11.3 Å². The Morgan fingerprint density at radius 2 is 2.11 bits per heavy atom. The van der Waals surface area contributed by atoms with Gasteiger partial charge in [-0.25, -0.2) is 4.79 Å². The lowest BCUT2D eigenvalue weighted by molar-refractivity contribution is 0.0533. The van der Waals surface area contributed by atoms with Crippen LogP contribution in [0.25, 0.3) is 5.69 Å². The van der Waals surface area contributed by atoms with Gasteiger partial charge >= 0.3 is 5.97 Å². The number of hydrogen-bond donors (Lipinski definition) is 0. The highest BCUT2D eigenvalue weighted by molar-refractivity contribution is 5.86. The Morgan fingerprint density at radius 1 is 1.39 bits per heavy atom. The Morgan fingerprint density at radius 3 is 2.78 bits per heavy atom. The van der Waals surface area contributed by atoms with Gasteiger partial charge in [-0.15, -0.1) is 5.10 Å². The van der Waals surface area contributed by atoms with Crippen molar-refractivity contribution in [2.24, 2.45) is 0 Å². The summed E-state index contributed by atoms with van der Waals surface area (Å²) in [4.78, 5) is 13.0. The van der Waals surface area contributed by atoms with Gasteiger partial charge in [-0.05, 0) is 24.6 Å². The summed E-state index contributed by atoms with van der Waals surface area (Å²) in [5.41, 5.74) is 1.75. The highest BCUT2D eigenvalue weighted by Gasteiger charge is 2.12. The van der Waals surface area contributed by atoms with Crippen molar-refractivity contribution in [3.63, 3.8) is 0 Å². The molecule has 5 nitrogen and oxygen atoms in total. The van der Waals surface area contributed by atoms with E-state index in [4.69, 9.17) is 4.74 Å². The molecule has 1 aromatic heterocycles. The zero-order chi connectivity index (χ0) is 13.0. The summed E-state index contributed by atoms with van der Waals surface area (Å²) in [7, 11) is 0. The normalized spacial score (nSPS) is 10.1. The van der Waals surface area contributed by atoms with Crippen molar-refractivity contribution in [3.8, 4) is 5.69 Å². The molecule has 0 aliphatic carbocycles. The first kappa shape index (κ1) is 12.0. The van der Waals surface area contributed by atoms with E-state index in [9.17, 15) is 4.79 Å². The molecule has 0 unspecified atom stereocenters. The summed E-state index contributed by atoms with van der Waals surface area (Å²) >= 11 is 0. The number of carbonyl (C=O) groups is 1. The number of nitrogens with zero attached hydrogens (tertiary/aromatic N) is 3. The quantitative estimate of drug-likeness (QED) is 0.608. The maximum Gasteiger partial charge on any atom is 0.360 e. The maximum atomic E-state index is 11.6. The van der Waals surface area contributed by atoms with Gasteiger partial charge in [0.1, 0.15) is 6.61 Å². The van der Waals surface area contributed by atoms with Crippen LogP contribution in [-0.4, -0.2) is 27.6 Å². The van der Waals surface area contributed by atoms with Crippen molar-refractivity contribution >= 4 is 5.97 Å². The number of esters is 1. The Balaban J connectivity index is 2.11. The Kier molecular flexibility index (Phi) is 3.52. The van der Waals surface area contributed by atoms with Crippen LogP contribution in [0.2, 0.25) is 0 Å². The number of hydrogen-bond acceptors (Lipinski definition) is 4. The molecule has 1 heterocycles. The smallest absolute Gasteiger partial charge is 0.360 e. The van der Waals surface area contributed by atoms with E-state index in [1.165, 1.54) is 11.0 Å². The van der Waals surface area contributed by atoms with Crippen LogP contribution in [0.4, 0.5) is 0 Å². The summed E-state index contributed by atoms with van der Waals surface area (Å²) in [6.45, 7) is 5.63. The highest BCUT2D eigenvalue weighted by Crippen LogP contribution is 2.05. The molecule has 5 heteroatoms. The van der Waals surface area contributed by atoms with Gasteiger partial charge in [0.2, 0.25) is 0 Å². The SMILES string of the molecule is C=C(C)COC(=O)c1cnn(-c2ccccc2)n1. The second-order valence-electron chi connectivity index (χ2n) is 3.89. The number of benzene rings is 1. The van der Waals surface area contributed by atoms with Gasteiger partial charge in [0.05, 0.1) is 11.9 Å². The van der Waals surface area contributed by atoms with Crippen molar-refractivity contribution in [2.45, 2.75) is 6.92 Å². The highest BCUT2D eigenvalue weighted by atomic mass is 16.5. The van der Waals surface area contributed by atoms with E-state index in [1.807, 2.05) is 30.3 Å². The Labute approximate surface area is 105 Å². The van der Waals surface area contributed by atoms with E-state index < -0.39 is 5.97 Å². The lowest BCUT2D eigenvalue weighted by Gasteiger charge is -2.00. The lowest BCUT2D eigenvalue weighted by atomic mass is 10.3. The molecule has 0 amide bonds. The van der Waals surface area contributed by atoms with E-state index in [2.05, 4.69) is 16.8 Å². The summed E-state index contributed by atoms with van der Waals surface area (Å²) in [5, 5.41) is 8.08. The van der Waals surface area contributed by atoms with Gasteiger partial charge in [-0.2, -0.15) is 9.90 Å². The van der Waals surface area contributed by atoms with Crippen LogP contribution in [-0.2, 0) is 4.74 Å². The van der Waals surface area contributed by atoms with Crippen molar-refractivity contribution in [3.05, 3.63) is 54.4 Å². The van der Waals surface area contributed by atoms with E-state index >= 15 is 0 Å². The zero-order valence-corrected chi connectivity index (χ0v) is 10.0. The molecular weight excluding hydrogens is 230 g/mol. The average Bonchev–Trinajstić information content (AvgIpc) is 2.86. The van der Waals surface area contributed by atoms with Crippen LogP contribution in [0.5, 0.6) is 0 Å². The monoisotopic (exact) mass is 243 g/mol. The molecule has 0 N–H and O–H groups in total. The van der Waals surface area contributed by atoms with Crippen molar-refractivity contribution in [2.75, 3.05) is 6.61 Å². The molecule has 0 saturated carbocycles. The summed E-state index contributed by atoms with van der Waals surface area (Å²) < 4.78 is 4.98. The number of para-hydroxylation sites is 1. The molecule has 0 bridgehead atoms. The number of ether oxygens (including phenoxy) is 1. The van der Waals surface area contributed by atoms with Crippen molar-refractivity contribution in [1.29, 1.82) is 0 Å². The minimum absolute atomic E-state index is 0.181. The van der Waals surface area contributed by atoms with Crippen LogP contribution in [0.15, 0.2) is 48.7 Å². The number of rotatable bonds is 4. The molecule has 0 atom stereocenters. The molecule has 0 aliphatic heterocycles.